The number of hydrogen-bond acceptors (Lipinski definition) is 4. The molecule has 0 radical (unpaired) electrons. The van der Waals surface area contributed by atoms with Crippen LogP contribution in [-0.2, 0) is 4.79 Å². The highest BCUT2D eigenvalue weighted by molar-refractivity contribution is 5.89. The van der Waals surface area contributed by atoms with Crippen LogP contribution in [0.5, 0.6) is 17.2 Å². The maximum atomic E-state index is 12.3. The van der Waals surface area contributed by atoms with Gasteiger partial charge in [-0.3, -0.25) is 4.79 Å². The van der Waals surface area contributed by atoms with Crippen molar-refractivity contribution in [3.8, 4) is 17.2 Å². The number of methoxy groups -OCH3 is 1. The quantitative estimate of drug-likeness (QED) is 0.617. The van der Waals surface area contributed by atoms with Crippen molar-refractivity contribution >= 4 is 16.7 Å². The number of amides is 1. The number of carbonyl (C=O) groups excluding carboxylic acids is 1. The number of fused-ring (bicyclic) bond motifs is 1. The summed E-state index contributed by atoms with van der Waals surface area (Å²) in [6.07, 6.45) is -0.600. The average molecular weight is 365 g/mol. The van der Waals surface area contributed by atoms with Gasteiger partial charge in [-0.2, -0.15) is 0 Å². The number of ether oxygens (including phenoxy) is 3. The molecule has 1 atom stereocenters. The minimum Gasteiger partial charge on any atom is -0.497 e. The van der Waals surface area contributed by atoms with Gasteiger partial charge in [0, 0.05) is 5.39 Å². The number of carbonyl (C=O) groups is 1. The molecule has 5 nitrogen and oxygen atoms in total. The minimum atomic E-state index is -0.600. The van der Waals surface area contributed by atoms with Crippen molar-refractivity contribution < 1.29 is 19.0 Å². The summed E-state index contributed by atoms with van der Waals surface area (Å²) in [6, 6.07) is 21.1. The first-order valence-electron chi connectivity index (χ1n) is 8.86. The van der Waals surface area contributed by atoms with Crippen LogP contribution in [0.15, 0.2) is 66.7 Å². The number of hydrogen-bond donors (Lipinski definition) is 1. The average Bonchev–Trinajstić information content (AvgIpc) is 2.71. The van der Waals surface area contributed by atoms with E-state index in [1.165, 1.54) is 0 Å². The molecular weight excluding hydrogens is 342 g/mol. The zero-order chi connectivity index (χ0) is 19.1. The molecule has 3 rings (SSSR count). The fourth-order valence-corrected chi connectivity index (χ4v) is 2.70. The Labute approximate surface area is 158 Å². The van der Waals surface area contributed by atoms with Gasteiger partial charge >= 0.3 is 0 Å². The lowest BCUT2D eigenvalue weighted by atomic mass is 10.1. The first-order chi connectivity index (χ1) is 13.2. The van der Waals surface area contributed by atoms with Crippen molar-refractivity contribution in [3.05, 3.63) is 66.7 Å². The Morgan fingerprint density at radius 1 is 0.963 bits per heavy atom. The van der Waals surface area contributed by atoms with Crippen molar-refractivity contribution in [2.45, 2.75) is 13.0 Å². The summed E-state index contributed by atoms with van der Waals surface area (Å²) in [5.74, 6) is 2.02. The largest absolute Gasteiger partial charge is 0.497 e. The Morgan fingerprint density at radius 2 is 1.67 bits per heavy atom. The lowest BCUT2D eigenvalue weighted by molar-refractivity contribution is -0.127. The molecule has 0 unspecified atom stereocenters. The molecule has 3 aromatic carbocycles. The molecule has 0 heterocycles. The fraction of sp³-hybridized carbons (Fsp3) is 0.227. The molecule has 140 valence electrons. The summed E-state index contributed by atoms with van der Waals surface area (Å²) in [5.41, 5.74) is 0. The Kier molecular flexibility index (Phi) is 6.15. The van der Waals surface area contributed by atoms with E-state index in [0.717, 1.165) is 22.3 Å². The highest BCUT2D eigenvalue weighted by Crippen LogP contribution is 2.26. The van der Waals surface area contributed by atoms with E-state index < -0.39 is 6.10 Å². The molecule has 1 N–H and O–H groups in total. The number of benzene rings is 3. The number of nitrogens with one attached hydrogen (secondary N) is 1. The summed E-state index contributed by atoms with van der Waals surface area (Å²) in [4.78, 5) is 12.3. The molecule has 1 amide bonds. The SMILES string of the molecule is COc1ccc(OCCNC(=O)[C@@H](C)Oc2cccc3ccccc23)cc1. The van der Waals surface area contributed by atoms with Gasteiger partial charge in [-0.25, -0.2) is 0 Å². The molecule has 5 heteroatoms. The maximum Gasteiger partial charge on any atom is 0.260 e. The van der Waals surface area contributed by atoms with E-state index >= 15 is 0 Å². The van der Waals surface area contributed by atoms with Gasteiger partial charge in [0.25, 0.3) is 5.91 Å². The Morgan fingerprint density at radius 3 is 2.44 bits per heavy atom. The van der Waals surface area contributed by atoms with E-state index in [2.05, 4.69) is 5.32 Å². The van der Waals surface area contributed by atoms with E-state index in [1.54, 1.807) is 14.0 Å². The molecule has 0 aliphatic rings. The highest BCUT2D eigenvalue weighted by atomic mass is 16.5. The van der Waals surface area contributed by atoms with Gasteiger partial charge in [0.15, 0.2) is 6.10 Å². The first-order valence-corrected chi connectivity index (χ1v) is 8.86. The van der Waals surface area contributed by atoms with Gasteiger partial charge in [0.2, 0.25) is 0 Å². The van der Waals surface area contributed by atoms with E-state index in [9.17, 15) is 4.79 Å². The van der Waals surface area contributed by atoms with Crippen molar-refractivity contribution in [2.75, 3.05) is 20.3 Å². The molecule has 0 bridgehead atoms. The van der Waals surface area contributed by atoms with Gasteiger partial charge in [0.1, 0.15) is 23.9 Å². The molecule has 0 aromatic heterocycles. The zero-order valence-corrected chi connectivity index (χ0v) is 15.5. The predicted octanol–water partition coefficient (Wildman–Crippen LogP) is 3.81. The van der Waals surface area contributed by atoms with Crippen LogP contribution >= 0.6 is 0 Å². The van der Waals surface area contributed by atoms with Gasteiger partial charge in [-0.1, -0.05) is 36.4 Å². The fourth-order valence-electron chi connectivity index (χ4n) is 2.70. The molecule has 3 aromatic rings. The summed E-state index contributed by atoms with van der Waals surface area (Å²) < 4.78 is 16.6. The minimum absolute atomic E-state index is 0.179. The third kappa shape index (κ3) is 4.91. The monoisotopic (exact) mass is 365 g/mol. The second-order valence-corrected chi connectivity index (χ2v) is 6.05. The smallest absolute Gasteiger partial charge is 0.260 e. The summed E-state index contributed by atoms with van der Waals surface area (Å²) in [7, 11) is 1.62. The van der Waals surface area contributed by atoms with Crippen LogP contribution in [0.2, 0.25) is 0 Å². The van der Waals surface area contributed by atoms with Gasteiger partial charge in [-0.15, -0.1) is 0 Å². The van der Waals surface area contributed by atoms with Gasteiger partial charge in [-0.05, 0) is 42.6 Å². The third-order valence-corrected chi connectivity index (χ3v) is 4.15. The predicted molar refractivity (Wildman–Crippen MR) is 106 cm³/mol. The lowest BCUT2D eigenvalue weighted by Gasteiger charge is -2.16. The van der Waals surface area contributed by atoms with E-state index in [-0.39, 0.29) is 5.91 Å². The van der Waals surface area contributed by atoms with E-state index in [0.29, 0.717) is 18.9 Å². The molecule has 0 fully saturated rings. The van der Waals surface area contributed by atoms with Crippen LogP contribution in [0.25, 0.3) is 10.8 Å². The van der Waals surface area contributed by atoms with Crippen molar-refractivity contribution in [2.24, 2.45) is 0 Å². The second kappa shape index (κ2) is 8.94. The van der Waals surface area contributed by atoms with Crippen LogP contribution in [0, 0.1) is 0 Å². The Balaban J connectivity index is 1.47. The first kappa shape index (κ1) is 18.6. The lowest BCUT2D eigenvalue weighted by Crippen LogP contribution is -2.38. The summed E-state index contributed by atoms with van der Waals surface area (Å²) in [6.45, 7) is 2.51. The van der Waals surface area contributed by atoms with Gasteiger partial charge < -0.3 is 19.5 Å². The Hall–Kier alpha value is -3.21. The molecule has 0 aliphatic carbocycles. The van der Waals surface area contributed by atoms with Crippen molar-refractivity contribution in [3.63, 3.8) is 0 Å². The van der Waals surface area contributed by atoms with Gasteiger partial charge in [0.05, 0.1) is 13.7 Å². The Bertz CT molecular complexity index is 887. The normalized spacial score (nSPS) is 11.6. The second-order valence-electron chi connectivity index (χ2n) is 6.05. The standard InChI is InChI=1S/C22H23NO4/c1-16(27-21-9-5-7-17-6-3-4-8-20(17)21)22(24)23-14-15-26-19-12-10-18(25-2)11-13-19/h3-13,16H,14-15H2,1-2H3,(H,23,24)/t16-/m1/s1. The van der Waals surface area contributed by atoms with Crippen LogP contribution in [0.3, 0.4) is 0 Å². The molecule has 0 saturated carbocycles. The maximum absolute atomic E-state index is 12.3. The summed E-state index contributed by atoms with van der Waals surface area (Å²) >= 11 is 0. The topological polar surface area (TPSA) is 56.8 Å². The zero-order valence-electron chi connectivity index (χ0n) is 15.5. The van der Waals surface area contributed by atoms with Crippen LogP contribution in [0.4, 0.5) is 0 Å². The highest BCUT2D eigenvalue weighted by Gasteiger charge is 2.15. The molecule has 0 saturated heterocycles. The summed E-state index contributed by atoms with van der Waals surface area (Å²) in [5, 5.41) is 4.90. The van der Waals surface area contributed by atoms with Crippen LogP contribution in [0.1, 0.15) is 6.92 Å². The van der Waals surface area contributed by atoms with Crippen LogP contribution in [-0.4, -0.2) is 32.3 Å². The number of rotatable bonds is 8. The molecular formula is C22H23NO4. The third-order valence-electron chi connectivity index (χ3n) is 4.15. The van der Waals surface area contributed by atoms with Crippen molar-refractivity contribution in [1.29, 1.82) is 0 Å². The molecule has 0 spiro atoms. The van der Waals surface area contributed by atoms with Crippen molar-refractivity contribution in [1.82, 2.24) is 5.32 Å². The molecule has 0 aliphatic heterocycles. The van der Waals surface area contributed by atoms with E-state index in [4.69, 9.17) is 14.2 Å². The van der Waals surface area contributed by atoms with E-state index in [1.807, 2.05) is 66.7 Å². The molecule has 27 heavy (non-hydrogen) atoms. The van der Waals surface area contributed by atoms with Crippen LogP contribution < -0.4 is 19.5 Å².